The number of amides is 1. The molecule has 2 N–H and O–H groups in total. The van der Waals surface area contributed by atoms with Crippen LogP contribution in [0.3, 0.4) is 0 Å². The van der Waals surface area contributed by atoms with Gasteiger partial charge in [0, 0.05) is 15.7 Å². The second-order valence-corrected chi connectivity index (χ2v) is 7.92. The van der Waals surface area contributed by atoms with E-state index in [0.29, 0.717) is 17.1 Å². The van der Waals surface area contributed by atoms with E-state index < -0.39 is 16.1 Å². The molecule has 9 heteroatoms. The van der Waals surface area contributed by atoms with E-state index >= 15 is 0 Å². The third-order valence-corrected chi connectivity index (χ3v) is 5.44. The Balaban J connectivity index is 2.04. The van der Waals surface area contributed by atoms with Crippen LogP contribution in [0.5, 0.6) is 5.75 Å². The Morgan fingerprint density at radius 3 is 2.48 bits per heavy atom. The van der Waals surface area contributed by atoms with Gasteiger partial charge < -0.3 is 10.1 Å². The molecule has 0 saturated carbocycles. The van der Waals surface area contributed by atoms with Crippen LogP contribution in [0.25, 0.3) is 0 Å². The van der Waals surface area contributed by atoms with Crippen molar-refractivity contribution in [2.24, 2.45) is 0 Å². The third kappa shape index (κ3) is 3.68. The monoisotopic (exact) mass is 400 g/mol. The fourth-order valence-corrected chi connectivity index (χ4v) is 4.04. The Kier molecular flexibility index (Phi) is 4.81. The van der Waals surface area contributed by atoms with Crippen molar-refractivity contribution >= 4 is 50.5 Å². The van der Waals surface area contributed by atoms with Crippen LogP contribution in [-0.4, -0.2) is 20.4 Å². The molecule has 0 spiro atoms. The predicted molar refractivity (Wildman–Crippen MR) is 97.0 cm³/mol. The number of benzene rings is 2. The highest BCUT2D eigenvalue weighted by Crippen LogP contribution is 2.40. The highest BCUT2D eigenvalue weighted by atomic mass is 35.5. The second-order valence-electron chi connectivity index (χ2n) is 5.40. The molecule has 2 aromatic carbocycles. The molecule has 1 heterocycles. The highest BCUT2D eigenvalue weighted by Gasteiger charge is 2.32. The van der Waals surface area contributed by atoms with Crippen molar-refractivity contribution in [3.8, 4) is 5.75 Å². The summed E-state index contributed by atoms with van der Waals surface area (Å²) in [4.78, 5) is 11.8. The number of rotatable bonds is 4. The number of fused-ring (bicyclic) bond motifs is 1. The number of sulfonamides is 1. The first-order chi connectivity index (χ1) is 11.8. The van der Waals surface area contributed by atoms with Crippen LogP contribution in [0.2, 0.25) is 10.0 Å². The van der Waals surface area contributed by atoms with E-state index in [4.69, 9.17) is 27.9 Å². The lowest BCUT2D eigenvalue weighted by Gasteiger charge is -2.27. The van der Waals surface area contributed by atoms with E-state index in [9.17, 15) is 13.2 Å². The quantitative estimate of drug-likeness (QED) is 0.814. The Bertz CT molecular complexity index is 930. The van der Waals surface area contributed by atoms with E-state index in [1.54, 1.807) is 19.1 Å². The number of nitrogens with one attached hydrogen (secondary N) is 2. The average Bonchev–Trinajstić information content (AvgIpc) is 2.55. The molecule has 3 rings (SSSR count). The molecule has 25 heavy (non-hydrogen) atoms. The molecule has 0 saturated heterocycles. The number of halogens is 2. The van der Waals surface area contributed by atoms with Gasteiger partial charge in [0.05, 0.1) is 5.69 Å². The first-order valence-corrected chi connectivity index (χ1v) is 9.63. The molecule has 1 unspecified atom stereocenters. The summed E-state index contributed by atoms with van der Waals surface area (Å²) in [6.07, 6.45) is -0.365. The summed E-state index contributed by atoms with van der Waals surface area (Å²) in [5, 5.41) is 3.27. The lowest BCUT2D eigenvalue weighted by Crippen LogP contribution is -2.37. The second kappa shape index (κ2) is 6.74. The van der Waals surface area contributed by atoms with Crippen molar-refractivity contribution in [3.05, 3.63) is 46.4 Å². The van der Waals surface area contributed by atoms with Gasteiger partial charge in [0.15, 0.2) is 11.9 Å². The summed E-state index contributed by atoms with van der Waals surface area (Å²) in [6.45, 7) is 1.77. The summed E-state index contributed by atoms with van der Waals surface area (Å²) >= 11 is 11.8. The SMILES string of the molecule is CCC1Oc2c(cc(Cl)cc2S(=O)(=O)Nc2ccc(Cl)cc2)NC1=O. The summed E-state index contributed by atoms with van der Waals surface area (Å²) in [7, 11) is -3.99. The predicted octanol–water partition coefficient (Wildman–Crippen LogP) is 3.90. The topological polar surface area (TPSA) is 84.5 Å². The van der Waals surface area contributed by atoms with Gasteiger partial charge in [-0.15, -0.1) is 0 Å². The van der Waals surface area contributed by atoms with Gasteiger partial charge in [0.25, 0.3) is 15.9 Å². The molecule has 0 fully saturated rings. The summed E-state index contributed by atoms with van der Waals surface area (Å²) in [5.41, 5.74) is 0.559. The molecular weight excluding hydrogens is 387 g/mol. The van der Waals surface area contributed by atoms with E-state index in [1.807, 2.05) is 0 Å². The maximum Gasteiger partial charge on any atom is 0.265 e. The molecule has 1 aliphatic heterocycles. The Morgan fingerprint density at radius 1 is 1.16 bits per heavy atom. The van der Waals surface area contributed by atoms with Crippen molar-refractivity contribution in [3.63, 3.8) is 0 Å². The summed E-state index contributed by atoms with van der Waals surface area (Å²) < 4.78 is 33.6. The van der Waals surface area contributed by atoms with E-state index in [2.05, 4.69) is 10.0 Å². The number of hydrogen-bond donors (Lipinski definition) is 2. The van der Waals surface area contributed by atoms with Gasteiger partial charge in [-0.1, -0.05) is 30.1 Å². The molecule has 1 aliphatic rings. The van der Waals surface area contributed by atoms with Crippen molar-refractivity contribution in [1.29, 1.82) is 0 Å². The summed E-state index contributed by atoms with van der Waals surface area (Å²) in [6, 6.07) is 8.93. The first-order valence-electron chi connectivity index (χ1n) is 7.39. The van der Waals surface area contributed by atoms with E-state index in [1.165, 1.54) is 24.3 Å². The van der Waals surface area contributed by atoms with Gasteiger partial charge in [-0.25, -0.2) is 8.42 Å². The molecule has 1 atom stereocenters. The minimum absolute atomic E-state index is 0.0670. The van der Waals surface area contributed by atoms with Gasteiger partial charge in [-0.05, 0) is 42.8 Å². The zero-order chi connectivity index (χ0) is 18.2. The molecule has 0 radical (unpaired) electrons. The van der Waals surface area contributed by atoms with Gasteiger partial charge in [-0.3, -0.25) is 9.52 Å². The number of carbonyl (C=O) groups is 1. The van der Waals surface area contributed by atoms with Gasteiger partial charge in [0.2, 0.25) is 0 Å². The number of hydrogen-bond acceptors (Lipinski definition) is 4. The van der Waals surface area contributed by atoms with Crippen LogP contribution in [0.4, 0.5) is 11.4 Å². The van der Waals surface area contributed by atoms with Gasteiger partial charge in [-0.2, -0.15) is 0 Å². The van der Waals surface area contributed by atoms with E-state index in [0.717, 1.165) is 0 Å². The largest absolute Gasteiger partial charge is 0.477 e. The average molecular weight is 401 g/mol. The first kappa shape index (κ1) is 17.8. The molecular formula is C16H14Cl2N2O4S. The van der Waals surface area contributed by atoms with Crippen molar-refractivity contribution in [2.45, 2.75) is 24.3 Å². The zero-order valence-corrected chi connectivity index (χ0v) is 15.4. The van der Waals surface area contributed by atoms with E-state index in [-0.39, 0.29) is 27.3 Å². The zero-order valence-electron chi connectivity index (χ0n) is 13.0. The summed E-state index contributed by atoms with van der Waals surface area (Å²) in [5.74, 6) is -0.274. The maximum absolute atomic E-state index is 12.8. The highest BCUT2D eigenvalue weighted by molar-refractivity contribution is 7.92. The Hall–Kier alpha value is -1.96. The fourth-order valence-electron chi connectivity index (χ4n) is 2.39. The van der Waals surface area contributed by atoms with Crippen LogP contribution in [0.15, 0.2) is 41.3 Å². The van der Waals surface area contributed by atoms with Crippen molar-refractivity contribution in [1.82, 2.24) is 0 Å². The smallest absolute Gasteiger partial charge is 0.265 e. The third-order valence-electron chi connectivity index (χ3n) is 3.59. The molecule has 1 amide bonds. The standard InChI is InChI=1S/C16H14Cl2N2O4S/c1-2-13-16(21)19-12-7-10(18)8-14(15(12)24-13)25(22,23)20-11-5-3-9(17)4-6-11/h3-8,13,20H,2H2,1H3,(H,19,21). The molecule has 2 aromatic rings. The number of carbonyl (C=O) groups excluding carboxylic acids is 1. The maximum atomic E-state index is 12.8. The van der Waals surface area contributed by atoms with Crippen LogP contribution in [0.1, 0.15) is 13.3 Å². The lowest BCUT2D eigenvalue weighted by atomic mass is 10.2. The normalized spacial score (nSPS) is 16.6. The van der Waals surface area contributed by atoms with Crippen molar-refractivity contribution in [2.75, 3.05) is 10.0 Å². The van der Waals surface area contributed by atoms with Gasteiger partial charge in [0.1, 0.15) is 4.90 Å². The molecule has 0 aliphatic carbocycles. The lowest BCUT2D eigenvalue weighted by molar-refractivity contribution is -0.123. The Morgan fingerprint density at radius 2 is 1.84 bits per heavy atom. The number of ether oxygens (including phenoxy) is 1. The Labute approximate surface area is 155 Å². The number of anilines is 2. The molecule has 132 valence electrons. The molecule has 0 bridgehead atoms. The van der Waals surface area contributed by atoms with Crippen LogP contribution < -0.4 is 14.8 Å². The van der Waals surface area contributed by atoms with Crippen molar-refractivity contribution < 1.29 is 17.9 Å². The fraction of sp³-hybridized carbons (Fsp3) is 0.188. The molecule has 6 nitrogen and oxygen atoms in total. The minimum Gasteiger partial charge on any atom is -0.477 e. The van der Waals surface area contributed by atoms with Crippen LogP contribution >= 0.6 is 23.2 Å². The minimum atomic E-state index is -3.99. The van der Waals surface area contributed by atoms with Crippen LogP contribution in [-0.2, 0) is 14.8 Å². The molecule has 0 aromatic heterocycles. The van der Waals surface area contributed by atoms with Crippen LogP contribution in [0, 0.1) is 0 Å². The van der Waals surface area contributed by atoms with Gasteiger partial charge >= 0.3 is 0 Å².